The Labute approximate surface area is 158 Å². The molecule has 1 fully saturated rings. The van der Waals surface area contributed by atoms with Crippen molar-refractivity contribution in [1.82, 2.24) is 9.97 Å². The lowest BCUT2D eigenvalue weighted by molar-refractivity contribution is -0.113. The third kappa shape index (κ3) is 3.16. The summed E-state index contributed by atoms with van der Waals surface area (Å²) >= 11 is 12.6. The zero-order valence-corrected chi connectivity index (χ0v) is 15.1. The predicted molar refractivity (Wildman–Crippen MR) is 107 cm³/mol. The average molecular weight is 384 g/mol. The number of hydrogen-bond donors (Lipinski definition) is 0. The van der Waals surface area contributed by atoms with Crippen LogP contribution in [0, 0.1) is 0 Å². The number of carbonyl (C=O) groups excluding carboxylic acids is 1. The average Bonchev–Trinajstić information content (AvgIpc) is 2.88. The predicted octanol–water partition coefficient (Wildman–Crippen LogP) is 4.69. The molecule has 122 valence electrons. The summed E-state index contributed by atoms with van der Waals surface area (Å²) in [4.78, 5) is 23.6. The van der Waals surface area contributed by atoms with Crippen molar-refractivity contribution in [1.29, 1.82) is 0 Å². The van der Waals surface area contributed by atoms with Crippen LogP contribution in [0.1, 0.15) is 5.69 Å². The number of halogens is 1. The van der Waals surface area contributed by atoms with Crippen molar-refractivity contribution < 1.29 is 4.79 Å². The maximum atomic E-state index is 12.8. The van der Waals surface area contributed by atoms with E-state index in [1.165, 1.54) is 16.7 Å². The van der Waals surface area contributed by atoms with Crippen LogP contribution in [0.4, 0.5) is 5.69 Å². The molecule has 0 saturated carbocycles. The molecule has 7 heteroatoms. The highest BCUT2D eigenvalue weighted by Crippen LogP contribution is 2.36. The van der Waals surface area contributed by atoms with Crippen LogP contribution in [0.25, 0.3) is 17.1 Å². The van der Waals surface area contributed by atoms with Gasteiger partial charge in [-0.2, -0.15) is 0 Å². The lowest BCUT2D eigenvalue weighted by Gasteiger charge is -2.14. The Bertz CT molecular complexity index is 1050. The molecule has 1 aromatic heterocycles. The van der Waals surface area contributed by atoms with Crippen LogP contribution in [0.15, 0.2) is 59.6 Å². The van der Waals surface area contributed by atoms with E-state index >= 15 is 0 Å². The fourth-order valence-electron chi connectivity index (χ4n) is 2.48. The van der Waals surface area contributed by atoms with Crippen LogP contribution in [-0.2, 0) is 4.79 Å². The molecule has 0 unspecified atom stereocenters. The molecule has 0 spiro atoms. The topological polar surface area (TPSA) is 46.1 Å². The maximum Gasteiger partial charge on any atom is 0.270 e. The first-order valence-electron chi connectivity index (χ1n) is 7.37. The molecule has 1 aliphatic heterocycles. The number of aromatic nitrogens is 2. The fourth-order valence-corrected chi connectivity index (χ4v) is 3.95. The molecular weight excluding hydrogens is 374 g/mol. The van der Waals surface area contributed by atoms with E-state index in [-0.39, 0.29) is 5.91 Å². The van der Waals surface area contributed by atoms with E-state index in [0.29, 0.717) is 25.6 Å². The van der Waals surface area contributed by atoms with E-state index in [4.69, 9.17) is 23.8 Å². The number of rotatable bonds is 2. The minimum absolute atomic E-state index is 0.188. The molecule has 0 atom stereocenters. The molecule has 0 radical (unpaired) electrons. The van der Waals surface area contributed by atoms with Crippen LogP contribution in [0.3, 0.4) is 0 Å². The summed E-state index contributed by atoms with van der Waals surface area (Å²) in [7, 11) is 0. The van der Waals surface area contributed by atoms with Crippen molar-refractivity contribution in [3.05, 3.63) is 70.3 Å². The van der Waals surface area contributed by atoms with E-state index in [1.54, 1.807) is 36.5 Å². The number of carbonyl (C=O) groups is 1. The molecule has 2 aromatic carbocycles. The Morgan fingerprint density at radius 1 is 1.12 bits per heavy atom. The molecule has 1 saturated heterocycles. The van der Waals surface area contributed by atoms with Crippen molar-refractivity contribution >= 4 is 68.6 Å². The number of amides is 1. The first kappa shape index (κ1) is 16.2. The van der Waals surface area contributed by atoms with Crippen LogP contribution in [-0.4, -0.2) is 20.2 Å². The van der Waals surface area contributed by atoms with Gasteiger partial charge in [0.05, 0.1) is 33.5 Å². The zero-order valence-electron chi connectivity index (χ0n) is 12.7. The molecule has 0 N–H and O–H groups in total. The first-order chi connectivity index (χ1) is 12.1. The first-order valence-corrected chi connectivity index (χ1v) is 8.97. The van der Waals surface area contributed by atoms with Crippen molar-refractivity contribution in [3.63, 3.8) is 0 Å². The summed E-state index contributed by atoms with van der Waals surface area (Å²) in [5, 5.41) is 0.552. The van der Waals surface area contributed by atoms with Crippen molar-refractivity contribution in [2.45, 2.75) is 0 Å². The highest BCUT2D eigenvalue weighted by Gasteiger charge is 2.33. The summed E-state index contributed by atoms with van der Waals surface area (Å²) < 4.78 is 0.465. The van der Waals surface area contributed by atoms with E-state index in [0.717, 1.165) is 11.0 Å². The Hall–Kier alpha value is -2.28. The number of fused-ring (bicyclic) bond motifs is 1. The molecule has 3 aromatic rings. The molecule has 4 nitrogen and oxygen atoms in total. The largest absolute Gasteiger partial charge is 0.270 e. The standard InChI is InChI=1S/C18H10ClN3OS2/c19-11-4-3-5-13(8-11)22-17(23)16(25-18(22)24)9-12-10-20-14-6-1-2-7-15(14)21-12/h1-10H/b16-9-. The van der Waals surface area contributed by atoms with Crippen LogP contribution in [0.5, 0.6) is 0 Å². The van der Waals surface area contributed by atoms with Gasteiger partial charge in [-0.15, -0.1) is 0 Å². The van der Waals surface area contributed by atoms with E-state index in [1.807, 2.05) is 24.3 Å². The van der Waals surface area contributed by atoms with Gasteiger partial charge in [0, 0.05) is 5.02 Å². The molecular formula is C18H10ClN3OS2. The van der Waals surface area contributed by atoms with Gasteiger partial charge in [-0.25, -0.2) is 4.98 Å². The summed E-state index contributed by atoms with van der Waals surface area (Å²) in [5.74, 6) is -0.188. The monoisotopic (exact) mass is 383 g/mol. The van der Waals surface area contributed by atoms with Gasteiger partial charge < -0.3 is 0 Å². The molecule has 1 aliphatic rings. The third-order valence-corrected chi connectivity index (χ3v) is 5.14. The van der Waals surface area contributed by atoms with Gasteiger partial charge in [-0.3, -0.25) is 14.7 Å². The minimum Gasteiger partial charge on any atom is -0.268 e. The molecule has 0 bridgehead atoms. The van der Waals surface area contributed by atoms with E-state index in [9.17, 15) is 4.79 Å². The van der Waals surface area contributed by atoms with Crippen molar-refractivity contribution in [3.8, 4) is 0 Å². The number of para-hydroxylation sites is 2. The number of thiocarbonyl (C=S) groups is 1. The number of thioether (sulfide) groups is 1. The summed E-state index contributed by atoms with van der Waals surface area (Å²) in [6.07, 6.45) is 3.36. The van der Waals surface area contributed by atoms with E-state index < -0.39 is 0 Å². The Morgan fingerprint density at radius 3 is 2.72 bits per heavy atom. The number of anilines is 1. The van der Waals surface area contributed by atoms with Gasteiger partial charge in [0.1, 0.15) is 0 Å². The second kappa shape index (κ2) is 6.55. The lowest BCUT2D eigenvalue weighted by atomic mass is 10.2. The minimum atomic E-state index is -0.188. The van der Waals surface area contributed by atoms with Gasteiger partial charge in [-0.1, -0.05) is 53.8 Å². The van der Waals surface area contributed by atoms with Gasteiger partial charge in [0.25, 0.3) is 5.91 Å². The maximum absolute atomic E-state index is 12.8. The highest BCUT2D eigenvalue weighted by molar-refractivity contribution is 8.27. The van der Waals surface area contributed by atoms with Crippen molar-refractivity contribution in [2.75, 3.05) is 4.90 Å². The second-order valence-electron chi connectivity index (χ2n) is 5.28. The van der Waals surface area contributed by atoms with Gasteiger partial charge in [-0.05, 0) is 36.4 Å². The fraction of sp³-hybridized carbons (Fsp3) is 0. The lowest BCUT2D eigenvalue weighted by Crippen LogP contribution is -2.27. The number of nitrogens with zero attached hydrogens (tertiary/aromatic N) is 3. The Kier molecular flexibility index (Phi) is 4.25. The summed E-state index contributed by atoms with van der Waals surface area (Å²) in [6, 6.07) is 14.6. The zero-order chi connectivity index (χ0) is 17.4. The second-order valence-corrected chi connectivity index (χ2v) is 7.39. The number of benzene rings is 2. The van der Waals surface area contributed by atoms with Gasteiger partial charge >= 0.3 is 0 Å². The molecule has 25 heavy (non-hydrogen) atoms. The Morgan fingerprint density at radius 2 is 1.92 bits per heavy atom. The molecule has 4 rings (SSSR count). The smallest absolute Gasteiger partial charge is 0.268 e. The summed E-state index contributed by atoms with van der Waals surface area (Å²) in [6.45, 7) is 0. The van der Waals surface area contributed by atoms with Crippen LogP contribution in [0.2, 0.25) is 5.02 Å². The quantitative estimate of drug-likeness (QED) is 0.474. The molecule has 1 amide bonds. The molecule has 0 aliphatic carbocycles. The number of hydrogen-bond acceptors (Lipinski definition) is 5. The highest BCUT2D eigenvalue weighted by atomic mass is 35.5. The van der Waals surface area contributed by atoms with Gasteiger partial charge in [0.15, 0.2) is 4.32 Å². The van der Waals surface area contributed by atoms with Gasteiger partial charge in [0.2, 0.25) is 0 Å². The normalized spacial score (nSPS) is 16.2. The van der Waals surface area contributed by atoms with Crippen LogP contribution >= 0.6 is 35.6 Å². The van der Waals surface area contributed by atoms with Crippen LogP contribution < -0.4 is 4.90 Å². The van der Waals surface area contributed by atoms with E-state index in [2.05, 4.69) is 9.97 Å². The SMILES string of the molecule is O=C1/C(=C/c2cnc3ccccc3n2)SC(=S)N1c1cccc(Cl)c1. The Balaban J connectivity index is 1.69. The third-order valence-electron chi connectivity index (χ3n) is 3.61. The summed E-state index contributed by atoms with van der Waals surface area (Å²) in [5.41, 5.74) is 2.86. The van der Waals surface area contributed by atoms with Crippen molar-refractivity contribution in [2.24, 2.45) is 0 Å². The molecule has 2 heterocycles.